The third kappa shape index (κ3) is 3.89. The van der Waals surface area contributed by atoms with Crippen LogP contribution in [-0.2, 0) is 24.1 Å². The molecule has 2 aromatic rings. The highest BCUT2D eigenvalue weighted by molar-refractivity contribution is 5.86. The summed E-state index contributed by atoms with van der Waals surface area (Å²) in [6.07, 6.45) is 9.84. The van der Waals surface area contributed by atoms with Gasteiger partial charge >= 0.3 is 5.97 Å². The van der Waals surface area contributed by atoms with Crippen molar-refractivity contribution >= 4 is 11.9 Å². The van der Waals surface area contributed by atoms with Crippen LogP contribution in [0.2, 0.25) is 0 Å². The van der Waals surface area contributed by atoms with Crippen LogP contribution in [-0.4, -0.2) is 44.8 Å². The molecular formula is C21H25N3O3. The number of rotatable bonds is 4. The largest absolute Gasteiger partial charge is 0.478 e. The minimum Gasteiger partial charge on any atom is -0.478 e. The van der Waals surface area contributed by atoms with Crippen LogP contribution in [0, 0.1) is 0 Å². The number of piperidine rings is 1. The zero-order valence-electron chi connectivity index (χ0n) is 15.4. The van der Waals surface area contributed by atoms with Gasteiger partial charge in [0.25, 0.3) is 0 Å². The van der Waals surface area contributed by atoms with E-state index >= 15 is 0 Å². The molecule has 2 heterocycles. The van der Waals surface area contributed by atoms with Crippen molar-refractivity contribution in [1.82, 2.24) is 14.7 Å². The molecule has 0 unspecified atom stereocenters. The molecule has 1 aliphatic carbocycles. The number of carboxylic acid groups (broad SMARTS) is 1. The Hall–Kier alpha value is -2.63. The minimum absolute atomic E-state index is 0.158. The standard InChI is InChI=1S/C21H25N3O3/c25-20(12-15-5-6-16-3-1-2-4-17(16)11-15)23-9-7-19(8-10-23)24-14-18(13-22-24)21(26)27/h5-6,11,13-14,19H,1-4,7-10,12H2,(H,26,27). The molecule has 6 heteroatoms. The fourth-order valence-electron chi connectivity index (χ4n) is 4.21. The molecule has 0 radical (unpaired) electrons. The molecule has 1 saturated heterocycles. The molecular weight excluding hydrogens is 342 g/mol. The zero-order valence-corrected chi connectivity index (χ0v) is 15.4. The molecule has 6 nitrogen and oxygen atoms in total. The van der Waals surface area contributed by atoms with E-state index in [-0.39, 0.29) is 17.5 Å². The minimum atomic E-state index is -0.959. The number of carboxylic acids is 1. The number of aromatic nitrogens is 2. The third-order valence-electron chi connectivity index (χ3n) is 5.81. The first-order valence-electron chi connectivity index (χ1n) is 9.76. The third-order valence-corrected chi connectivity index (χ3v) is 5.81. The van der Waals surface area contributed by atoms with Crippen molar-refractivity contribution in [1.29, 1.82) is 0 Å². The summed E-state index contributed by atoms with van der Waals surface area (Å²) in [5, 5.41) is 13.2. The summed E-state index contributed by atoms with van der Waals surface area (Å²) in [4.78, 5) is 25.6. The lowest BCUT2D eigenvalue weighted by atomic mass is 9.90. The first kappa shape index (κ1) is 17.8. The van der Waals surface area contributed by atoms with Crippen LogP contribution in [0.3, 0.4) is 0 Å². The first-order valence-corrected chi connectivity index (χ1v) is 9.76. The number of aromatic carboxylic acids is 1. The summed E-state index contributed by atoms with van der Waals surface area (Å²) in [5.41, 5.74) is 4.18. The molecule has 1 N–H and O–H groups in total. The summed E-state index contributed by atoms with van der Waals surface area (Å²) in [5.74, 6) is -0.783. The monoisotopic (exact) mass is 367 g/mol. The van der Waals surface area contributed by atoms with Gasteiger partial charge in [0.05, 0.1) is 24.2 Å². The Morgan fingerprint density at radius 1 is 1.11 bits per heavy atom. The van der Waals surface area contributed by atoms with Crippen LogP contribution in [0.25, 0.3) is 0 Å². The second-order valence-electron chi connectivity index (χ2n) is 7.61. The van der Waals surface area contributed by atoms with E-state index in [0.29, 0.717) is 19.5 Å². The number of benzene rings is 1. The number of hydrogen-bond acceptors (Lipinski definition) is 3. The summed E-state index contributed by atoms with van der Waals surface area (Å²) >= 11 is 0. The predicted octanol–water partition coefficient (Wildman–Crippen LogP) is 2.87. The maximum absolute atomic E-state index is 12.7. The number of carbonyl (C=O) groups is 2. The highest BCUT2D eigenvalue weighted by Crippen LogP contribution is 2.25. The molecule has 0 saturated carbocycles. The van der Waals surface area contributed by atoms with Crippen molar-refractivity contribution < 1.29 is 14.7 Å². The number of amides is 1. The Kier molecular flexibility index (Phi) is 4.97. The SMILES string of the molecule is O=C(O)c1cnn(C2CCN(C(=O)Cc3ccc4c(c3)CCCC4)CC2)c1. The quantitative estimate of drug-likeness (QED) is 0.902. The van der Waals surface area contributed by atoms with E-state index in [1.165, 1.54) is 30.2 Å². The second kappa shape index (κ2) is 7.55. The highest BCUT2D eigenvalue weighted by atomic mass is 16.4. The second-order valence-corrected chi connectivity index (χ2v) is 7.61. The topological polar surface area (TPSA) is 75.4 Å². The van der Waals surface area contributed by atoms with Crippen molar-refractivity contribution in [2.24, 2.45) is 0 Å². The van der Waals surface area contributed by atoms with Crippen molar-refractivity contribution in [3.8, 4) is 0 Å². The van der Waals surface area contributed by atoms with Crippen molar-refractivity contribution in [3.63, 3.8) is 0 Å². The van der Waals surface area contributed by atoms with E-state index in [9.17, 15) is 9.59 Å². The predicted molar refractivity (Wildman–Crippen MR) is 101 cm³/mol. The Morgan fingerprint density at radius 3 is 2.56 bits per heavy atom. The molecule has 0 bridgehead atoms. The van der Waals surface area contributed by atoms with Gasteiger partial charge in [-0.15, -0.1) is 0 Å². The van der Waals surface area contributed by atoms with Crippen LogP contribution in [0.15, 0.2) is 30.6 Å². The van der Waals surface area contributed by atoms with E-state index in [2.05, 4.69) is 23.3 Å². The van der Waals surface area contributed by atoms with Gasteiger partial charge in [-0.2, -0.15) is 5.10 Å². The molecule has 142 valence electrons. The summed E-state index contributed by atoms with van der Waals surface area (Å²) in [6.45, 7) is 1.38. The van der Waals surface area contributed by atoms with Crippen molar-refractivity contribution in [2.75, 3.05) is 13.1 Å². The number of likely N-dealkylation sites (tertiary alicyclic amines) is 1. The van der Waals surface area contributed by atoms with E-state index < -0.39 is 5.97 Å². The number of carbonyl (C=O) groups excluding carboxylic acids is 1. The Labute approximate surface area is 158 Å². The van der Waals surface area contributed by atoms with Gasteiger partial charge in [0.1, 0.15) is 0 Å². The summed E-state index contributed by atoms with van der Waals surface area (Å²) in [7, 11) is 0. The molecule has 0 atom stereocenters. The lowest BCUT2D eigenvalue weighted by Gasteiger charge is -2.32. The molecule has 2 aliphatic rings. The smallest absolute Gasteiger partial charge is 0.338 e. The summed E-state index contributed by atoms with van der Waals surface area (Å²) in [6, 6.07) is 6.68. The van der Waals surface area contributed by atoms with Crippen LogP contribution in [0.4, 0.5) is 0 Å². The fourth-order valence-corrected chi connectivity index (χ4v) is 4.21. The van der Waals surface area contributed by atoms with Gasteiger partial charge < -0.3 is 10.0 Å². The average Bonchev–Trinajstić information content (AvgIpc) is 3.18. The first-order chi connectivity index (χ1) is 13.1. The van der Waals surface area contributed by atoms with E-state index in [1.807, 2.05) is 4.90 Å². The van der Waals surface area contributed by atoms with Crippen LogP contribution < -0.4 is 0 Å². The number of fused-ring (bicyclic) bond motifs is 1. The van der Waals surface area contributed by atoms with Gasteiger partial charge in [-0.05, 0) is 55.2 Å². The summed E-state index contributed by atoms with van der Waals surface area (Å²) < 4.78 is 1.73. The molecule has 1 aromatic heterocycles. The van der Waals surface area contributed by atoms with E-state index in [1.54, 1.807) is 10.9 Å². The molecule has 4 rings (SSSR count). The Morgan fingerprint density at radius 2 is 1.85 bits per heavy atom. The van der Waals surface area contributed by atoms with Gasteiger partial charge in [-0.3, -0.25) is 9.48 Å². The molecule has 27 heavy (non-hydrogen) atoms. The zero-order chi connectivity index (χ0) is 18.8. The van der Waals surface area contributed by atoms with Gasteiger partial charge in [-0.1, -0.05) is 18.2 Å². The van der Waals surface area contributed by atoms with E-state index in [4.69, 9.17) is 5.11 Å². The highest BCUT2D eigenvalue weighted by Gasteiger charge is 2.25. The Bertz CT molecular complexity index is 850. The van der Waals surface area contributed by atoms with Crippen LogP contribution in [0.1, 0.15) is 58.8 Å². The fraction of sp³-hybridized carbons (Fsp3) is 0.476. The Balaban J connectivity index is 1.33. The van der Waals surface area contributed by atoms with Crippen LogP contribution in [0.5, 0.6) is 0 Å². The molecule has 1 amide bonds. The lowest BCUT2D eigenvalue weighted by molar-refractivity contribution is -0.131. The van der Waals surface area contributed by atoms with Gasteiger partial charge in [-0.25, -0.2) is 4.79 Å². The van der Waals surface area contributed by atoms with Gasteiger partial charge in [0.15, 0.2) is 0 Å². The number of nitrogens with zero attached hydrogens (tertiary/aromatic N) is 3. The number of aryl methyl sites for hydroxylation is 2. The molecule has 0 spiro atoms. The van der Waals surface area contributed by atoms with Crippen LogP contribution >= 0.6 is 0 Å². The van der Waals surface area contributed by atoms with Crippen molar-refractivity contribution in [3.05, 3.63) is 52.8 Å². The van der Waals surface area contributed by atoms with Gasteiger partial charge in [0, 0.05) is 19.3 Å². The molecule has 1 aliphatic heterocycles. The average molecular weight is 367 g/mol. The maximum Gasteiger partial charge on any atom is 0.338 e. The number of hydrogen-bond donors (Lipinski definition) is 1. The lowest BCUT2D eigenvalue weighted by Crippen LogP contribution is -2.40. The maximum atomic E-state index is 12.7. The normalized spacial score (nSPS) is 17.6. The van der Waals surface area contributed by atoms with E-state index in [0.717, 1.165) is 31.2 Å². The molecule has 1 fully saturated rings. The molecule has 1 aromatic carbocycles. The van der Waals surface area contributed by atoms with Gasteiger partial charge in [0.2, 0.25) is 5.91 Å². The van der Waals surface area contributed by atoms with Crippen molar-refractivity contribution in [2.45, 2.75) is 51.0 Å².